The third kappa shape index (κ3) is 1.87. The van der Waals surface area contributed by atoms with Gasteiger partial charge in [-0.2, -0.15) is 0 Å². The van der Waals surface area contributed by atoms with Gasteiger partial charge >= 0.3 is 0 Å². The molecule has 1 aromatic carbocycles. The molecule has 5 heteroatoms. The number of nitrogens with one attached hydrogen (secondary N) is 1. The summed E-state index contributed by atoms with van der Waals surface area (Å²) in [7, 11) is 0. The summed E-state index contributed by atoms with van der Waals surface area (Å²) < 4.78 is 0. The van der Waals surface area contributed by atoms with E-state index in [1.54, 1.807) is 6.20 Å². The minimum absolute atomic E-state index is 0.160. The highest BCUT2D eigenvalue weighted by Crippen LogP contribution is 2.22. The maximum absolute atomic E-state index is 5.48. The maximum atomic E-state index is 5.48. The second-order valence-electron chi connectivity index (χ2n) is 2.99. The van der Waals surface area contributed by atoms with Crippen molar-refractivity contribution in [3.05, 3.63) is 36.5 Å². The fraction of sp³-hybridized carbons (Fsp3) is 0. The normalized spacial score (nSPS) is 11.7. The van der Waals surface area contributed by atoms with Gasteiger partial charge in [-0.1, -0.05) is 18.2 Å². The van der Waals surface area contributed by atoms with Gasteiger partial charge in [0.05, 0.1) is 11.2 Å². The molecule has 0 amide bonds. The number of benzene rings is 1. The van der Waals surface area contributed by atoms with Crippen LogP contribution < -0.4 is 17.0 Å². The number of aliphatic imine (C=N–C) groups is 1. The van der Waals surface area contributed by atoms with E-state index in [1.807, 2.05) is 30.3 Å². The molecular weight excluding hydrogens is 190 g/mol. The molecule has 76 valence electrons. The van der Waals surface area contributed by atoms with Gasteiger partial charge in [0.1, 0.15) is 0 Å². The standard InChI is InChI=1S/C10H11N5/c11-10(15-12)14-8-5-1-3-7-4-2-6-13-9(7)8/h1-6H,12H2,(H3,11,14,15). The highest BCUT2D eigenvalue weighted by molar-refractivity contribution is 5.92. The first-order valence-electron chi connectivity index (χ1n) is 4.46. The number of hydrazine groups is 1. The van der Waals surface area contributed by atoms with Crippen molar-refractivity contribution in [1.82, 2.24) is 10.4 Å². The second kappa shape index (κ2) is 3.93. The van der Waals surface area contributed by atoms with E-state index in [4.69, 9.17) is 11.6 Å². The van der Waals surface area contributed by atoms with Crippen molar-refractivity contribution in [2.24, 2.45) is 16.6 Å². The molecule has 0 saturated carbocycles. The van der Waals surface area contributed by atoms with E-state index in [0.29, 0.717) is 5.69 Å². The molecule has 0 saturated heterocycles. The van der Waals surface area contributed by atoms with Crippen LogP contribution in [0.25, 0.3) is 10.9 Å². The van der Waals surface area contributed by atoms with E-state index >= 15 is 0 Å². The Morgan fingerprint density at radius 3 is 2.87 bits per heavy atom. The first-order valence-corrected chi connectivity index (χ1v) is 4.46. The molecular formula is C10H11N5. The number of nitrogens with two attached hydrogens (primary N) is 2. The van der Waals surface area contributed by atoms with Gasteiger partial charge in [-0.25, -0.2) is 10.8 Å². The number of fused-ring (bicyclic) bond motifs is 1. The van der Waals surface area contributed by atoms with Gasteiger partial charge in [-0.3, -0.25) is 10.4 Å². The van der Waals surface area contributed by atoms with Crippen LogP contribution in [0.4, 0.5) is 5.69 Å². The molecule has 0 aliphatic carbocycles. The molecule has 0 atom stereocenters. The Labute approximate surface area is 86.8 Å². The lowest BCUT2D eigenvalue weighted by molar-refractivity contribution is 1.01. The smallest absolute Gasteiger partial charge is 0.208 e. The van der Waals surface area contributed by atoms with Gasteiger partial charge in [0.15, 0.2) is 0 Å². The fourth-order valence-electron chi connectivity index (χ4n) is 1.34. The summed E-state index contributed by atoms with van der Waals surface area (Å²) >= 11 is 0. The minimum atomic E-state index is 0.160. The molecule has 0 radical (unpaired) electrons. The van der Waals surface area contributed by atoms with Crippen molar-refractivity contribution in [1.29, 1.82) is 0 Å². The Kier molecular flexibility index (Phi) is 2.47. The molecule has 5 nitrogen and oxygen atoms in total. The Morgan fingerprint density at radius 1 is 1.27 bits per heavy atom. The van der Waals surface area contributed by atoms with Crippen molar-refractivity contribution < 1.29 is 0 Å². The van der Waals surface area contributed by atoms with E-state index in [2.05, 4.69) is 15.4 Å². The summed E-state index contributed by atoms with van der Waals surface area (Å²) in [5.74, 6) is 5.30. The van der Waals surface area contributed by atoms with Gasteiger partial charge in [-0.15, -0.1) is 0 Å². The summed E-state index contributed by atoms with van der Waals surface area (Å²) in [6.45, 7) is 0. The van der Waals surface area contributed by atoms with Crippen LogP contribution in [0.3, 0.4) is 0 Å². The molecule has 0 spiro atoms. The SMILES string of the molecule is NNC(N)=Nc1cccc2cccnc12. The number of hydrogen-bond donors (Lipinski definition) is 3. The van der Waals surface area contributed by atoms with Crippen molar-refractivity contribution in [2.45, 2.75) is 0 Å². The molecule has 15 heavy (non-hydrogen) atoms. The highest BCUT2D eigenvalue weighted by atomic mass is 15.3. The van der Waals surface area contributed by atoms with E-state index in [-0.39, 0.29) is 5.96 Å². The van der Waals surface area contributed by atoms with E-state index in [9.17, 15) is 0 Å². The maximum Gasteiger partial charge on any atom is 0.208 e. The van der Waals surface area contributed by atoms with E-state index in [0.717, 1.165) is 10.9 Å². The number of rotatable bonds is 1. The second-order valence-corrected chi connectivity index (χ2v) is 2.99. The lowest BCUT2D eigenvalue weighted by atomic mass is 10.2. The molecule has 2 rings (SSSR count). The van der Waals surface area contributed by atoms with Gasteiger partial charge in [0, 0.05) is 11.6 Å². The zero-order valence-corrected chi connectivity index (χ0v) is 8.01. The number of guanidine groups is 1. The number of nitrogens with zero attached hydrogens (tertiary/aromatic N) is 2. The van der Waals surface area contributed by atoms with Gasteiger partial charge in [0.2, 0.25) is 5.96 Å². The van der Waals surface area contributed by atoms with Crippen LogP contribution >= 0.6 is 0 Å². The molecule has 0 aliphatic heterocycles. The molecule has 5 N–H and O–H groups in total. The molecule has 0 aliphatic rings. The average Bonchev–Trinajstić information content (AvgIpc) is 2.29. The van der Waals surface area contributed by atoms with Crippen LogP contribution in [0.1, 0.15) is 0 Å². The summed E-state index contributed by atoms with van der Waals surface area (Å²) in [5.41, 5.74) is 9.26. The number of para-hydroxylation sites is 1. The van der Waals surface area contributed by atoms with Crippen LogP contribution in [0.5, 0.6) is 0 Å². The third-order valence-electron chi connectivity index (χ3n) is 2.00. The average molecular weight is 201 g/mol. The van der Waals surface area contributed by atoms with Crippen LogP contribution in [-0.2, 0) is 0 Å². The molecule has 2 aromatic rings. The van der Waals surface area contributed by atoms with Gasteiger partial charge in [0.25, 0.3) is 0 Å². The Hall–Kier alpha value is -2.14. The zero-order valence-electron chi connectivity index (χ0n) is 8.01. The first-order chi connectivity index (χ1) is 7.31. The molecule has 1 aromatic heterocycles. The number of pyridine rings is 1. The van der Waals surface area contributed by atoms with Crippen LogP contribution in [-0.4, -0.2) is 10.9 Å². The largest absolute Gasteiger partial charge is 0.369 e. The van der Waals surface area contributed by atoms with Crippen molar-refractivity contribution in [2.75, 3.05) is 0 Å². The Bertz CT molecular complexity index is 501. The summed E-state index contributed by atoms with van der Waals surface area (Å²) in [4.78, 5) is 8.34. The third-order valence-corrected chi connectivity index (χ3v) is 2.00. The van der Waals surface area contributed by atoms with Crippen LogP contribution in [0.2, 0.25) is 0 Å². The molecule has 0 unspecified atom stereocenters. The zero-order chi connectivity index (χ0) is 10.7. The summed E-state index contributed by atoms with van der Waals surface area (Å²) in [6, 6.07) is 9.54. The van der Waals surface area contributed by atoms with Gasteiger partial charge in [-0.05, 0) is 12.1 Å². The van der Waals surface area contributed by atoms with Crippen LogP contribution in [0.15, 0.2) is 41.5 Å². The van der Waals surface area contributed by atoms with Crippen molar-refractivity contribution in [3.63, 3.8) is 0 Å². The Morgan fingerprint density at radius 2 is 2.07 bits per heavy atom. The van der Waals surface area contributed by atoms with E-state index in [1.165, 1.54) is 0 Å². The highest BCUT2D eigenvalue weighted by Gasteiger charge is 2.00. The first kappa shape index (κ1) is 9.42. The quantitative estimate of drug-likeness (QED) is 0.273. The summed E-state index contributed by atoms with van der Waals surface area (Å²) in [6.07, 6.45) is 1.72. The molecule has 1 heterocycles. The molecule has 0 fully saturated rings. The lowest BCUT2D eigenvalue weighted by Gasteiger charge is -2.02. The van der Waals surface area contributed by atoms with Crippen molar-refractivity contribution in [3.8, 4) is 0 Å². The summed E-state index contributed by atoms with van der Waals surface area (Å²) in [5, 5.41) is 1.02. The van der Waals surface area contributed by atoms with Crippen molar-refractivity contribution >= 4 is 22.5 Å². The minimum Gasteiger partial charge on any atom is -0.369 e. The molecule has 0 bridgehead atoms. The van der Waals surface area contributed by atoms with Crippen LogP contribution in [0, 0.1) is 0 Å². The van der Waals surface area contributed by atoms with Gasteiger partial charge < -0.3 is 5.73 Å². The number of aromatic nitrogens is 1. The lowest BCUT2D eigenvalue weighted by Crippen LogP contribution is -2.36. The fourth-order valence-corrected chi connectivity index (χ4v) is 1.34. The predicted molar refractivity (Wildman–Crippen MR) is 60.3 cm³/mol. The topological polar surface area (TPSA) is 89.3 Å². The monoisotopic (exact) mass is 201 g/mol. The predicted octanol–water partition coefficient (Wildman–Crippen LogP) is 0.644. The Balaban J connectivity index is 2.61. The van der Waals surface area contributed by atoms with E-state index < -0.39 is 0 Å². The number of hydrogen-bond acceptors (Lipinski definition) is 3.